The number of aromatic amines is 1. The molecule has 37 heavy (non-hydrogen) atoms. The molecule has 0 aliphatic rings. The minimum Gasteiger partial charge on any atom is -0.510 e. The molecule has 0 radical (unpaired) electrons. The number of nitrogens with one attached hydrogen (secondary N) is 1. The van der Waals surface area contributed by atoms with Crippen LogP contribution in [0.3, 0.4) is 0 Å². The number of aliphatic hydroxyl groups excluding tert-OH is 1. The number of halogens is 1. The van der Waals surface area contributed by atoms with E-state index in [4.69, 9.17) is 14.2 Å². The van der Waals surface area contributed by atoms with Gasteiger partial charge in [-0.1, -0.05) is 36.0 Å². The zero-order chi connectivity index (χ0) is 26.4. The maximum atomic E-state index is 14.0. The monoisotopic (exact) mass is 527 g/mol. The predicted molar refractivity (Wildman–Crippen MR) is 136 cm³/mol. The number of hydrogen-bond acceptors (Lipinski definition) is 9. The second kappa shape index (κ2) is 11.9. The van der Waals surface area contributed by atoms with Gasteiger partial charge in [-0.25, -0.2) is 14.2 Å². The Morgan fingerprint density at radius 3 is 2.65 bits per heavy atom. The first-order chi connectivity index (χ1) is 17.9. The van der Waals surface area contributed by atoms with Crippen molar-refractivity contribution < 1.29 is 28.5 Å². The van der Waals surface area contributed by atoms with Gasteiger partial charge in [-0.2, -0.15) is 0 Å². The Balaban J connectivity index is 1.60. The van der Waals surface area contributed by atoms with Gasteiger partial charge in [-0.05, 0) is 31.2 Å². The number of benzene rings is 2. The Hall–Kier alpha value is -3.90. The largest absolute Gasteiger partial charge is 0.510 e. The number of imidazole rings is 1. The topological polar surface area (TPSA) is 124 Å². The van der Waals surface area contributed by atoms with Crippen LogP contribution in [0.15, 0.2) is 59.4 Å². The Morgan fingerprint density at radius 2 is 1.92 bits per heavy atom. The van der Waals surface area contributed by atoms with Crippen molar-refractivity contribution in [1.82, 2.24) is 24.7 Å². The molecule has 0 saturated heterocycles. The van der Waals surface area contributed by atoms with E-state index in [0.717, 1.165) is 11.8 Å². The fraction of sp³-hybridized carbons (Fsp3) is 0.280. The normalized spacial score (nSPS) is 12.9. The van der Waals surface area contributed by atoms with Gasteiger partial charge in [-0.3, -0.25) is 4.57 Å². The molecule has 0 aliphatic carbocycles. The first-order valence-electron chi connectivity index (χ1n) is 11.3. The van der Waals surface area contributed by atoms with Crippen LogP contribution in [0.5, 0.6) is 5.75 Å². The number of carbonyl (C=O) groups is 1. The van der Waals surface area contributed by atoms with Gasteiger partial charge in [0.25, 0.3) is 0 Å². The van der Waals surface area contributed by atoms with Crippen LogP contribution in [-0.2, 0) is 20.9 Å². The molecule has 2 heterocycles. The number of thioether (sulfide) groups is 1. The summed E-state index contributed by atoms with van der Waals surface area (Å²) in [4.78, 5) is 20.0. The average Bonchev–Trinajstić information content (AvgIpc) is 3.51. The van der Waals surface area contributed by atoms with Gasteiger partial charge in [0.2, 0.25) is 0 Å². The van der Waals surface area contributed by atoms with Crippen LogP contribution >= 0.6 is 11.8 Å². The summed E-state index contributed by atoms with van der Waals surface area (Å²) in [5, 5.41) is 19.8. The van der Waals surface area contributed by atoms with Gasteiger partial charge >= 0.3 is 5.97 Å². The first kappa shape index (κ1) is 26.2. The van der Waals surface area contributed by atoms with Crippen LogP contribution in [0.1, 0.15) is 24.6 Å². The van der Waals surface area contributed by atoms with E-state index in [0.29, 0.717) is 28.6 Å². The number of aromatic nitrogens is 5. The number of carbonyl (C=O) groups excluding carboxylic acids is 1. The third-order valence-corrected chi connectivity index (χ3v) is 6.37. The average molecular weight is 528 g/mol. The molecule has 2 N–H and O–H groups in total. The molecule has 0 spiro atoms. The molecule has 1 atom stereocenters. The minimum atomic E-state index is -0.731. The van der Waals surface area contributed by atoms with Crippen LogP contribution in [0.2, 0.25) is 0 Å². The molecule has 2 aromatic heterocycles. The Morgan fingerprint density at radius 1 is 1.16 bits per heavy atom. The highest BCUT2D eigenvalue weighted by molar-refractivity contribution is 7.99. The third-order valence-electron chi connectivity index (χ3n) is 5.42. The number of aliphatic hydroxyl groups is 1. The van der Waals surface area contributed by atoms with Gasteiger partial charge in [0.15, 0.2) is 22.5 Å². The number of fused-ring (bicyclic) bond motifs is 1. The summed E-state index contributed by atoms with van der Waals surface area (Å²) in [5.41, 5.74) is 1.28. The lowest BCUT2D eigenvalue weighted by molar-refractivity contribution is -0.133. The molecule has 0 bridgehead atoms. The molecule has 2 aromatic carbocycles. The molecular weight excluding hydrogens is 501 g/mol. The molecule has 4 rings (SSSR count). The predicted octanol–water partition coefficient (Wildman–Crippen LogP) is 4.31. The lowest BCUT2D eigenvalue weighted by atomic mass is 10.2. The van der Waals surface area contributed by atoms with E-state index >= 15 is 0 Å². The van der Waals surface area contributed by atoms with Crippen molar-refractivity contribution in [2.75, 3.05) is 26.6 Å². The molecular formula is C25H26FN5O5S. The summed E-state index contributed by atoms with van der Waals surface area (Å²) in [6, 6.07) is 13.2. The molecule has 12 heteroatoms. The first-order valence-corrected chi connectivity index (χ1v) is 12.3. The van der Waals surface area contributed by atoms with Crippen molar-refractivity contribution >= 4 is 34.3 Å². The van der Waals surface area contributed by atoms with E-state index < -0.39 is 11.8 Å². The van der Waals surface area contributed by atoms with Crippen molar-refractivity contribution in [3.63, 3.8) is 0 Å². The van der Waals surface area contributed by atoms with Crippen molar-refractivity contribution in [3.05, 3.63) is 71.8 Å². The zero-order valence-electron chi connectivity index (χ0n) is 20.5. The fourth-order valence-electron chi connectivity index (χ4n) is 3.70. The number of methoxy groups -OCH3 is 2. The summed E-state index contributed by atoms with van der Waals surface area (Å²) >= 11 is 1.16. The number of rotatable bonds is 11. The molecule has 0 aliphatic heterocycles. The molecule has 0 unspecified atom stereocenters. The summed E-state index contributed by atoms with van der Waals surface area (Å²) in [7, 11) is 2.81. The summed E-state index contributed by atoms with van der Waals surface area (Å²) < 4.78 is 31.6. The molecule has 4 aromatic rings. The second-order valence-electron chi connectivity index (χ2n) is 8.00. The number of hydrogen-bond donors (Lipinski definition) is 2. The van der Waals surface area contributed by atoms with E-state index in [1.807, 2.05) is 25.1 Å². The summed E-state index contributed by atoms with van der Waals surface area (Å²) in [5.74, 6) is -0.736. The van der Waals surface area contributed by atoms with E-state index in [-0.39, 0.29) is 41.3 Å². The van der Waals surface area contributed by atoms with Crippen LogP contribution in [0.25, 0.3) is 16.6 Å². The standard InChI is InChI=1S/C25H26FN5O5S/c1-15(12-34-2)31-21(13-36-20-11-7-4-8-16(20)26)29-30-25(31)37-14-19(32)22(24(33)35-3)23-27-17-9-5-6-10-18(17)28-23/h4-11,15,32H,12-14H2,1-3H3,(H,27,28)/b22-19+/t15-/m0/s1. The molecule has 0 saturated carbocycles. The molecule has 194 valence electrons. The molecule has 0 fully saturated rings. The van der Waals surface area contributed by atoms with Gasteiger partial charge < -0.3 is 24.3 Å². The number of esters is 1. The smallest absolute Gasteiger partial charge is 0.345 e. The second-order valence-corrected chi connectivity index (χ2v) is 8.94. The van der Waals surface area contributed by atoms with Crippen LogP contribution in [0.4, 0.5) is 4.39 Å². The van der Waals surface area contributed by atoms with Crippen LogP contribution < -0.4 is 4.74 Å². The van der Waals surface area contributed by atoms with E-state index in [2.05, 4.69) is 20.2 Å². The Kier molecular flexibility index (Phi) is 8.41. The highest BCUT2D eigenvalue weighted by Gasteiger charge is 2.24. The third kappa shape index (κ3) is 5.92. The van der Waals surface area contributed by atoms with Crippen molar-refractivity contribution in [2.45, 2.75) is 24.7 Å². The number of H-pyrrole nitrogens is 1. The Labute approximate surface area is 216 Å². The van der Waals surface area contributed by atoms with Crippen molar-refractivity contribution in [2.24, 2.45) is 0 Å². The number of para-hydroxylation sites is 3. The van der Waals surface area contributed by atoms with Gasteiger partial charge in [0.05, 0.1) is 36.5 Å². The highest BCUT2D eigenvalue weighted by atomic mass is 32.2. The van der Waals surface area contributed by atoms with Crippen LogP contribution in [-0.4, -0.2) is 62.4 Å². The number of ether oxygens (including phenoxy) is 3. The lowest BCUT2D eigenvalue weighted by Gasteiger charge is -2.17. The fourth-order valence-corrected chi connectivity index (χ4v) is 4.63. The van der Waals surface area contributed by atoms with Crippen LogP contribution in [0, 0.1) is 5.82 Å². The zero-order valence-corrected chi connectivity index (χ0v) is 21.3. The maximum absolute atomic E-state index is 14.0. The summed E-state index contributed by atoms with van der Waals surface area (Å²) in [6.07, 6.45) is 0. The molecule has 10 nitrogen and oxygen atoms in total. The van der Waals surface area contributed by atoms with Gasteiger partial charge in [0.1, 0.15) is 23.8 Å². The highest BCUT2D eigenvalue weighted by Crippen LogP contribution is 2.28. The summed E-state index contributed by atoms with van der Waals surface area (Å²) in [6.45, 7) is 2.23. The molecule has 0 amide bonds. The lowest BCUT2D eigenvalue weighted by Crippen LogP contribution is -2.17. The van der Waals surface area contributed by atoms with Crippen molar-refractivity contribution in [3.8, 4) is 5.75 Å². The number of nitrogens with zero attached hydrogens (tertiary/aromatic N) is 4. The SMILES string of the molecule is COC[C@H](C)n1c(COc2ccccc2F)nnc1SC/C(O)=C(\C(=O)OC)c1nc2ccccc2[nH]1. The van der Waals surface area contributed by atoms with Crippen molar-refractivity contribution in [1.29, 1.82) is 0 Å². The van der Waals surface area contributed by atoms with E-state index in [9.17, 15) is 14.3 Å². The maximum Gasteiger partial charge on any atom is 0.345 e. The van der Waals surface area contributed by atoms with Gasteiger partial charge in [0, 0.05) is 7.11 Å². The van der Waals surface area contributed by atoms with Gasteiger partial charge in [-0.15, -0.1) is 10.2 Å². The minimum absolute atomic E-state index is 0.0204. The Bertz CT molecular complexity index is 1390. The van der Waals surface area contributed by atoms with E-state index in [1.165, 1.54) is 19.2 Å². The quantitative estimate of drug-likeness (QED) is 0.127. The van der Waals surface area contributed by atoms with E-state index in [1.54, 1.807) is 29.9 Å².